The van der Waals surface area contributed by atoms with Crippen molar-refractivity contribution < 1.29 is 29.3 Å². The van der Waals surface area contributed by atoms with Crippen LogP contribution in [0.25, 0.3) is 0 Å². The normalized spacial score (nSPS) is 10.0. The lowest BCUT2D eigenvalue weighted by atomic mass is 10.2. The fourth-order valence-electron chi connectivity index (χ4n) is 0.862. The summed E-state index contributed by atoms with van der Waals surface area (Å²) in [5, 5.41) is 2.18. The molecule has 0 aliphatic heterocycles. The van der Waals surface area contributed by atoms with Gasteiger partial charge in [0.25, 0.3) is 0 Å². The number of likely N-dealkylation sites (N-methyl/N-ethyl adjacent to an activating group) is 1. The molecule has 0 bridgehead atoms. The first-order valence-electron chi connectivity index (χ1n) is 4.34. The van der Waals surface area contributed by atoms with E-state index in [0.29, 0.717) is 0 Å². The molecule has 0 rings (SSSR count). The molecule has 0 aliphatic carbocycles. The van der Waals surface area contributed by atoms with Gasteiger partial charge in [-0.1, -0.05) is 25.8 Å². The van der Waals surface area contributed by atoms with E-state index in [1.807, 2.05) is 0 Å². The predicted molar refractivity (Wildman–Crippen MR) is 46.0 cm³/mol. The van der Waals surface area contributed by atoms with Gasteiger partial charge in [-0.25, -0.2) is 0 Å². The third kappa shape index (κ3) is 13.4. The molecule has 0 aliphatic rings. The lowest BCUT2D eigenvalue weighted by molar-refractivity contribution is -0.617. The molecule has 0 saturated heterocycles. The van der Waals surface area contributed by atoms with Gasteiger partial charge >= 0.3 is 0 Å². The number of unbranched alkanes of at least 4 members (excludes halogenated alkanes) is 3. The Kier molecular flexibility index (Phi) is 16.6. The molecular formula is C9H20IN. The summed E-state index contributed by atoms with van der Waals surface area (Å²) in [6.07, 6.45) is 9.86. The molecule has 2 heteroatoms. The maximum absolute atomic E-state index is 2.29. The van der Waals surface area contributed by atoms with Gasteiger partial charge in [0.1, 0.15) is 0 Å². The third-order valence-electron chi connectivity index (χ3n) is 1.51. The Morgan fingerprint density at radius 3 is 2.45 bits per heavy atom. The maximum Gasteiger partial charge on any atom is 0.0940 e. The second-order valence-electron chi connectivity index (χ2n) is 2.61. The molecule has 0 unspecified atom stereocenters. The zero-order valence-electron chi connectivity index (χ0n) is 7.65. The van der Waals surface area contributed by atoms with E-state index in [9.17, 15) is 0 Å². The van der Waals surface area contributed by atoms with Crippen LogP contribution >= 0.6 is 0 Å². The topological polar surface area (TPSA) is 16.6 Å². The number of nitrogens with two attached hydrogens (primary N) is 1. The van der Waals surface area contributed by atoms with Crippen molar-refractivity contribution in [3.8, 4) is 0 Å². The quantitative estimate of drug-likeness (QED) is 0.337. The summed E-state index contributed by atoms with van der Waals surface area (Å²) in [5.41, 5.74) is 0. The van der Waals surface area contributed by atoms with Gasteiger partial charge in [-0.2, -0.15) is 0 Å². The van der Waals surface area contributed by atoms with E-state index in [-0.39, 0.29) is 24.0 Å². The van der Waals surface area contributed by atoms with Crippen LogP contribution in [0.1, 0.15) is 32.6 Å². The Bertz CT molecular complexity index is 81.6. The van der Waals surface area contributed by atoms with Gasteiger partial charge in [-0.15, -0.1) is 0 Å². The molecule has 0 aromatic heterocycles. The second kappa shape index (κ2) is 13.1. The summed E-state index contributed by atoms with van der Waals surface area (Å²) in [7, 11) is 2.09. The number of allylic oxidation sites excluding steroid dienone is 1. The second-order valence-corrected chi connectivity index (χ2v) is 2.61. The van der Waals surface area contributed by atoms with Gasteiger partial charge < -0.3 is 29.3 Å². The summed E-state index contributed by atoms with van der Waals surface area (Å²) in [4.78, 5) is 0. The molecule has 0 aromatic carbocycles. The van der Waals surface area contributed by atoms with Crippen LogP contribution in [0.15, 0.2) is 12.2 Å². The highest BCUT2D eigenvalue weighted by Crippen LogP contribution is 1.98. The zero-order valence-corrected chi connectivity index (χ0v) is 9.80. The number of rotatable bonds is 6. The molecule has 0 heterocycles. The molecule has 0 atom stereocenters. The first kappa shape index (κ1) is 14.0. The highest BCUT2D eigenvalue weighted by molar-refractivity contribution is 4.79. The Morgan fingerprint density at radius 2 is 1.91 bits per heavy atom. The smallest absolute Gasteiger partial charge is 0.0940 e. The first-order chi connectivity index (χ1) is 4.91. The third-order valence-corrected chi connectivity index (χ3v) is 1.51. The lowest BCUT2D eigenvalue weighted by Gasteiger charge is -1.90. The number of quaternary nitrogens is 1. The van der Waals surface area contributed by atoms with Gasteiger partial charge in [-0.3, -0.25) is 0 Å². The summed E-state index contributed by atoms with van der Waals surface area (Å²) in [6, 6.07) is 0. The Labute approximate surface area is 87.7 Å². The van der Waals surface area contributed by atoms with Crippen molar-refractivity contribution >= 4 is 0 Å². The van der Waals surface area contributed by atoms with Gasteiger partial charge in [0.15, 0.2) is 0 Å². The van der Waals surface area contributed by atoms with Gasteiger partial charge in [0.05, 0.1) is 13.6 Å². The number of halogens is 1. The minimum absolute atomic E-state index is 0. The largest absolute Gasteiger partial charge is 1.00 e. The van der Waals surface area contributed by atoms with E-state index in [0.717, 1.165) is 6.54 Å². The Balaban J connectivity index is 0. The van der Waals surface area contributed by atoms with Crippen molar-refractivity contribution in [3.63, 3.8) is 0 Å². The van der Waals surface area contributed by atoms with E-state index in [1.54, 1.807) is 0 Å². The van der Waals surface area contributed by atoms with Crippen LogP contribution in [-0.4, -0.2) is 13.6 Å². The molecule has 0 aromatic rings. The summed E-state index contributed by atoms with van der Waals surface area (Å²) in [6.45, 7) is 3.37. The van der Waals surface area contributed by atoms with E-state index in [2.05, 4.69) is 31.4 Å². The van der Waals surface area contributed by atoms with Crippen LogP contribution in [0.2, 0.25) is 0 Å². The zero-order chi connectivity index (χ0) is 7.66. The van der Waals surface area contributed by atoms with Crippen LogP contribution < -0.4 is 29.3 Å². The molecule has 1 nitrogen and oxygen atoms in total. The molecule has 2 N–H and O–H groups in total. The van der Waals surface area contributed by atoms with Crippen molar-refractivity contribution in [3.05, 3.63) is 12.2 Å². The molecule has 0 radical (unpaired) electrons. The van der Waals surface area contributed by atoms with Crippen molar-refractivity contribution in [1.82, 2.24) is 0 Å². The van der Waals surface area contributed by atoms with Crippen LogP contribution in [-0.2, 0) is 0 Å². The van der Waals surface area contributed by atoms with Gasteiger partial charge in [0, 0.05) is 0 Å². The van der Waals surface area contributed by atoms with E-state index in [1.165, 1.54) is 25.7 Å². The van der Waals surface area contributed by atoms with Crippen LogP contribution in [0.3, 0.4) is 0 Å². The lowest BCUT2D eigenvalue weighted by Crippen LogP contribution is -3.00. The van der Waals surface area contributed by atoms with E-state index in [4.69, 9.17) is 0 Å². The Morgan fingerprint density at radius 1 is 1.18 bits per heavy atom. The fraction of sp³-hybridized carbons (Fsp3) is 0.778. The molecular weight excluding hydrogens is 249 g/mol. The van der Waals surface area contributed by atoms with Crippen molar-refractivity contribution in [1.29, 1.82) is 0 Å². The minimum Gasteiger partial charge on any atom is -1.00 e. The summed E-state index contributed by atoms with van der Waals surface area (Å²) >= 11 is 0. The predicted octanol–water partition coefficient (Wildman–Crippen LogP) is -1.68. The molecule has 11 heavy (non-hydrogen) atoms. The van der Waals surface area contributed by atoms with Crippen molar-refractivity contribution in [2.45, 2.75) is 32.6 Å². The van der Waals surface area contributed by atoms with Crippen LogP contribution in [0.5, 0.6) is 0 Å². The average Bonchev–Trinajstić information content (AvgIpc) is 1.97. The molecule has 68 valence electrons. The molecule has 0 fully saturated rings. The average molecular weight is 269 g/mol. The standard InChI is InChI=1S/C9H19N.HI/c1-3-4-5-6-7-8-9-10-2;/h7-8,10H,3-6,9H2,1-2H3;1H. The molecule has 0 amide bonds. The van der Waals surface area contributed by atoms with Crippen molar-refractivity contribution in [2.75, 3.05) is 13.6 Å². The Hall–Kier alpha value is 0.430. The minimum atomic E-state index is 0. The summed E-state index contributed by atoms with van der Waals surface area (Å²) < 4.78 is 0. The number of hydrogen-bond donors (Lipinski definition) is 1. The monoisotopic (exact) mass is 269 g/mol. The molecule has 0 saturated carbocycles. The summed E-state index contributed by atoms with van der Waals surface area (Å²) in [5.74, 6) is 0. The highest BCUT2D eigenvalue weighted by atomic mass is 127. The highest BCUT2D eigenvalue weighted by Gasteiger charge is 1.80. The van der Waals surface area contributed by atoms with Crippen molar-refractivity contribution in [2.24, 2.45) is 0 Å². The van der Waals surface area contributed by atoms with E-state index < -0.39 is 0 Å². The fourth-order valence-corrected chi connectivity index (χ4v) is 0.862. The van der Waals surface area contributed by atoms with E-state index >= 15 is 0 Å². The first-order valence-corrected chi connectivity index (χ1v) is 4.34. The SMILES string of the molecule is CCCCCC=CC[NH2+]C.[I-]. The molecule has 0 spiro atoms. The van der Waals surface area contributed by atoms with Crippen LogP contribution in [0.4, 0.5) is 0 Å². The van der Waals surface area contributed by atoms with Gasteiger partial charge in [0.2, 0.25) is 0 Å². The number of hydrogen-bond acceptors (Lipinski definition) is 0. The van der Waals surface area contributed by atoms with Gasteiger partial charge in [-0.05, 0) is 18.9 Å². The maximum atomic E-state index is 2.29. The van der Waals surface area contributed by atoms with Crippen LogP contribution in [0, 0.1) is 0 Å².